The van der Waals surface area contributed by atoms with Crippen LogP contribution in [0.1, 0.15) is 56.1 Å². The van der Waals surface area contributed by atoms with Crippen molar-refractivity contribution in [2.75, 3.05) is 13.1 Å². The molecule has 5 rings (SSSR count). The summed E-state index contributed by atoms with van der Waals surface area (Å²) in [5.41, 5.74) is 1.34. The molecule has 2 heterocycles. The molecule has 32 heavy (non-hydrogen) atoms. The molecule has 0 radical (unpaired) electrons. The number of nitrogens with zero attached hydrogens (tertiary/aromatic N) is 2. The molecule has 1 N–H and O–H groups in total. The molecule has 3 amide bonds. The molecule has 5 heteroatoms. The maximum absolute atomic E-state index is 14.0. The predicted molar refractivity (Wildman–Crippen MR) is 125 cm³/mol. The Morgan fingerprint density at radius 1 is 0.812 bits per heavy atom. The van der Waals surface area contributed by atoms with E-state index >= 15 is 0 Å². The van der Waals surface area contributed by atoms with Crippen molar-refractivity contribution >= 4 is 11.9 Å². The second-order valence-corrected chi connectivity index (χ2v) is 9.61. The molecule has 0 bridgehead atoms. The van der Waals surface area contributed by atoms with Crippen molar-refractivity contribution < 1.29 is 9.59 Å². The number of hydrogen-bond acceptors (Lipinski definition) is 3. The van der Waals surface area contributed by atoms with E-state index in [1.807, 2.05) is 36.4 Å². The van der Waals surface area contributed by atoms with E-state index in [2.05, 4.69) is 34.5 Å². The third-order valence-electron chi connectivity index (χ3n) is 7.70. The van der Waals surface area contributed by atoms with Crippen LogP contribution >= 0.6 is 0 Å². The molecule has 2 aliphatic heterocycles. The number of carbonyl (C=O) groups excluding carboxylic acids is 2. The fraction of sp³-hybridized carbons (Fsp3) is 0.481. The van der Waals surface area contributed by atoms with Gasteiger partial charge in [0.2, 0.25) is 0 Å². The molecule has 1 aliphatic carbocycles. The number of nitrogens with one attached hydrogen (secondary N) is 1. The van der Waals surface area contributed by atoms with Gasteiger partial charge in [-0.3, -0.25) is 14.6 Å². The zero-order chi connectivity index (χ0) is 22.0. The third kappa shape index (κ3) is 3.83. The number of amides is 3. The van der Waals surface area contributed by atoms with Crippen molar-refractivity contribution in [2.24, 2.45) is 5.92 Å². The van der Waals surface area contributed by atoms with E-state index in [0.29, 0.717) is 0 Å². The number of hydrogen-bond donors (Lipinski definition) is 1. The summed E-state index contributed by atoms with van der Waals surface area (Å²) in [7, 11) is 0. The topological polar surface area (TPSA) is 52.7 Å². The van der Waals surface area contributed by atoms with Crippen LogP contribution in [0, 0.1) is 5.92 Å². The summed E-state index contributed by atoms with van der Waals surface area (Å²) in [6.07, 6.45) is 7.12. The van der Waals surface area contributed by atoms with E-state index in [9.17, 15) is 9.59 Å². The quantitative estimate of drug-likeness (QED) is 0.700. The molecule has 0 spiro atoms. The Hall–Kier alpha value is -2.66. The zero-order valence-electron chi connectivity index (χ0n) is 18.7. The van der Waals surface area contributed by atoms with Crippen LogP contribution in [-0.2, 0) is 16.9 Å². The molecule has 2 saturated heterocycles. The van der Waals surface area contributed by atoms with Crippen molar-refractivity contribution in [3.05, 3.63) is 71.8 Å². The first-order chi connectivity index (χ1) is 15.7. The minimum Gasteiger partial charge on any atom is -0.319 e. The highest BCUT2D eigenvalue weighted by Gasteiger charge is 2.58. The smallest absolute Gasteiger partial charge is 0.319 e. The standard InChI is InChI=1S/C27H33N3O2/c31-25-27(22-12-6-2-7-13-22,23-14-8-3-9-15-23)28-26(32)30(25)24-16-18-29(19-17-24)20-21-10-4-1-5-11-21/h1-2,4-7,10-13,23-24H,3,8-9,14-20H2,(H,28,32). The number of piperidine rings is 1. The van der Waals surface area contributed by atoms with Gasteiger partial charge in [-0.15, -0.1) is 0 Å². The van der Waals surface area contributed by atoms with Crippen LogP contribution in [0.15, 0.2) is 60.7 Å². The van der Waals surface area contributed by atoms with Crippen molar-refractivity contribution in [3.8, 4) is 0 Å². The molecule has 3 fully saturated rings. The highest BCUT2D eigenvalue weighted by atomic mass is 16.2. The van der Waals surface area contributed by atoms with Crippen LogP contribution in [0.2, 0.25) is 0 Å². The predicted octanol–water partition coefficient (Wildman–Crippen LogP) is 4.68. The lowest BCUT2D eigenvalue weighted by molar-refractivity contribution is -0.136. The lowest BCUT2D eigenvalue weighted by Gasteiger charge is -2.39. The van der Waals surface area contributed by atoms with Crippen LogP contribution < -0.4 is 5.32 Å². The Kier molecular flexibility index (Phi) is 6.01. The normalized spacial score (nSPS) is 25.8. The zero-order valence-corrected chi connectivity index (χ0v) is 18.7. The van der Waals surface area contributed by atoms with Gasteiger partial charge in [-0.2, -0.15) is 0 Å². The second kappa shape index (κ2) is 9.07. The van der Waals surface area contributed by atoms with E-state index in [-0.39, 0.29) is 23.9 Å². The molecule has 2 aromatic rings. The van der Waals surface area contributed by atoms with Gasteiger partial charge in [0.1, 0.15) is 5.54 Å². The first-order valence-corrected chi connectivity index (χ1v) is 12.2. The lowest BCUT2D eigenvalue weighted by atomic mass is 9.70. The molecule has 168 valence electrons. The van der Waals surface area contributed by atoms with E-state index in [1.54, 1.807) is 4.90 Å². The molecule has 1 atom stereocenters. The van der Waals surface area contributed by atoms with Gasteiger partial charge in [-0.05, 0) is 42.7 Å². The molecule has 1 saturated carbocycles. The Balaban J connectivity index is 1.34. The highest BCUT2D eigenvalue weighted by Crippen LogP contribution is 2.44. The summed E-state index contributed by atoms with van der Waals surface area (Å²) in [5, 5.41) is 3.23. The lowest BCUT2D eigenvalue weighted by Crippen LogP contribution is -2.52. The van der Waals surface area contributed by atoms with Gasteiger partial charge < -0.3 is 5.32 Å². The fourth-order valence-electron chi connectivity index (χ4n) is 6.02. The first kappa shape index (κ1) is 21.2. The van der Waals surface area contributed by atoms with Crippen molar-refractivity contribution in [1.29, 1.82) is 0 Å². The molecule has 2 aromatic carbocycles. The minimum absolute atomic E-state index is 0.0244. The molecular formula is C27H33N3O2. The van der Waals surface area contributed by atoms with E-state index < -0.39 is 5.54 Å². The molecule has 3 aliphatic rings. The van der Waals surface area contributed by atoms with Gasteiger partial charge in [-0.25, -0.2) is 4.79 Å². The van der Waals surface area contributed by atoms with E-state index in [0.717, 1.165) is 63.7 Å². The van der Waals surface area contributed by atoms with Gasteiger partial charge in [0.05, 0.1) is 0 Å². The van der Waals surface area contributed by atoms with Gasteiger partial charge in [-0.1, -0.05) is 79.9 Å². The van der Waals surface area contributed by atoms with Gasteiger partial charge in [0, 0.05) is 25.7 Å². The number of likely N-dealkylation sites (tertiary alicyclic amines) is 1. The number of carbonyl (C=O) groups is 2. The van der Waals surface area contributed by atoms with Crippen LogP contribution in [0.5, 0.6) is 0 Å². The maximum Gasteiger partial charge on any atom is 0.325 e. The average molecular weight is 432 g/mol. The third-order valence-corrected chi connectivity index (χ3v) is 7.70. The number of urea groups is 1. The van der Waals surface area contributed by atoms with Crippen molar-refractivity contribution in [2.45, 2.75) is 63.1 Å². The van der Waals surface area contributed by atoms with Crippen LogP contribution in [-0.4, -0.2) is 40.9 Å². The van der Waals surface area contributed by atoms with Crippen molar-refractivity contribution in [1.82, 2.24) is 15.1 Å². The minimum atomic E-state index is -0.903. The van der Waals surface area contributed by atoms with E-state index in [1.165, 1.54) is 12.0 Å². The number of benzene rings is 2. The Labute approximate surface area is 190 Å². The van der Waals surface area contributed by atoms with Gasteiger partial charge in [0.15, 0.2) is 0 Å². The summed E-state index contributed by atoms with van der Waals surface area (Å²) < 4.78 is 0. The summed E-state index contributed by atoms with van der Waals surface area (Å²) in [4.78, 5) is 31.3. The summed E-state index contributed by atoms with van der Waals surface area (Å²) in [6, 6.07) is 20.2. The van der Waals surface area contributed by atoms with Crippen LogP contribution in [0.3, 0.4) is 0 Å². The fourth-order valence-corrected chi connectivity index (χ4v) is 6.02. The highest BCUT2D eigenvalue weighted by molar-refractivity contribution is 6.08. The van der Waals surface area contributed by atoms with Crippen molar-refractivity contribution in [3.63, 3.8) is 0 Å². The largest absolute Gasteiger partial charge is 0.325 e. The maximum atomic E-state index is 14.0. The van der Waals surface area contributed by atoms with Gasteiger partial charge in [0.25, 0.3) is 5.91 Å². The monoisotopic (exact) mass is 431 g/mol. The molecule has 1 unspecified atom stereocenters. The average Bonchev–Trinajstić information content (AvgIpc) is 3.12. The SMILES string of the molecule is O=C1NC(c2ccccc2)(C2CCCCC2)C(=O)N1C1CCN(Cc2ccccc2)CC1. The molecule has 5 nitrogen and oxygen atoms in total. The second-order valence-electron chi connectivity index (χ2n) is 9.61. The van der Waals surface area contributed by atoms with Crippen LogP contribution in [0.25, 0.3) is 0 Å². The summed E-state index contributed by atoms with van der Waals surface area (Å²) >= 11 is 0. The molecular weight excluding hydrogens is 398 g/mol. The Morgan fingerprint density at radius 2 is 1.44 bits per heavy atom. The first-order valence-electron chi connectivity index (χ1n) is 12.2. The summed E-state index contributed by atoms with van der Waals surface area (Å²) in [6.45, 7) is 2.72. The van der Waals surface area contributed by atoms with Crippen LogP contribution in [0.4, 0.5) is 4.79 Å². The number of imide groups is 1. The van der Waals surface area contributed by atoms with Gasteiger partial charge >= 0.3 is 6.03 Å². The number of rotatable bonds is 5. The Morgan fingerprint density at radius 3 is 2.09 bits per heavy atom. The summed E-state index contributed by atoms with van der Waals surface area (Å²) in [5.74, 6) is 0.139. The Bertz CT molecular complexity index is 934. The van der Waals surface area contributed by atoms with E-state index in [4.69, 9.17) is 0 Å². The molecule has 0 aromatic heterocycles.